The van der Waals surface area contributed by atoms with Crippen LogP contribution in [0.1, 0.15) is 13.8 Å². The van der Waals surface area contributed by atoms with Crippen LogP contribution in [0.5, 0.6) is 0 Å². The van der Waals surface area contributed by atoms with Crippen LogP contribution in [-0.4, -0.2) is 20.6 Å². The van der Waals surface area contributed by atoms with Crippen molar-refractivity contribution < 1.29 is 4.55 Å². The summed E-state index contributed by atoms with van der Waals surface area (Å²) in [5.74, 6) is 0. The van der Waals surface area contributed by atoms with E-state index in [2.05, 4.69) is 14.7 Å². The zero-order chi connectivity index (χ0) is 8.97. The molecule has 0 saturated heterocycles. The van der Waals surface area contributed by atoms with E-state index in [0.717, 1.165) is 0 Å². The molecule has 1 rings (SSSR count). The summed E-state index contributed by atoms with van der Waals surface area (Å²) in [4.78, 5) is 7.72. The highest BCUT2D eigenvalue weighted by atomic mass is 32.2. The highest BCUT2D eigenvalue weighted by Gasteiger charge is 2.13. The summed E-state index contributed by atoms with van der Waals surface area (Å²) in [5.41, 5.74) is 0. The highest BCUT2D eigenvalue weighted by Crippen LogP contribution is 2.01. The summed E-state index contributed by atoms with van der Waals surface area (Å²) in [5, 5.41) is 0.464. The third kappa shape index (κ3) is 2.77. The van der Waals surface area contributed by atoms with Crippen LogP contribution in [-0.2, 0) is 11.4 Å². The Kier molecular flexibility index (Phi) is 3.46. The van der Waals surface area contributed by atoms with Crippen LogP contribution >= 0.6 is 0 Å². The molecule has 12 heavy (non-hydrogen) atoms. The van der Waals surface area contributed by atoms with Crippen molar-refractivity contribution in [2.45, 2.75) is 24.9 Å². The number of rotatable bonds is 3. The minimum absolute atomic E-state index is 0.174. The van der Waals surface area contributed by atoms with Crippen molar-refractivity contribution in [3.63, 3.8) is 0 Å². The molecule has 0 fully saturated rings. The maximum atomic E-state index is 11.4. The van der Waals surface area contributed by atoms with Crippen molar-refractivity contribution in [3.8, 4) is 0 Å². The van der Waals surface area contributed by atoms with Gasteiger partial charge in [0, 0.05) is 12.2 Å². The SMILES string of the molecule is CC(C)N[S+]([O-])c1cnccn1. The van der Waals surface area contributed by atoms with Crippen LogP contribution in [0.4, 0.5) is 0 Å². The first-order valence-electron chi connectivity index (χ1n) is 3.64. The molecule has 1 unspecified atom stereocenters. The molecule has 0 bridgehead atoms. The van der Waals surface area contributed by atoms with Crippen molar-refractivity contribution >= 4 is 11.4 Å². The van der Waals surface area contributed by atoms with E-state index in [-0.39, 0.29) is 6.04 Å². The van der Waals surface area contributed by atoms with E-state index >= 15 is 0 Å². The maximum Gasteiger partial charge on any atom is 0.284 e. The number of hydrogen-bond donors (Lipinski definition) is 1. The smallest absolute Gasteiger partial charge is 0.284 e. The molecule has 0 radical (unpaired) electrons. The van der Waals surface area contributed by atoms with Gasteiger partial charge in [0.05, 0.1) is 17.6 Å². The lowest BCUT2D eigenvalue weighted by atomic mass is 10.4. The minimum Gasteiger partial charge on any atom is -0.592 e. The molecule has 1 atom stereocenters. The number of nitrogens with one attached hydrogen (secondary N) is 1. The topological polar surface area (TPSA) is 60.9 Å². The van der Waals surface area contributed by atoms with Crippen LogP contribution in [0, 0.1) is 0 Å². The molecule has 1 aromatic heterocycles. The van der Waals surface area contributed by atoms with Gasteiger partial charge < -0.3 is 4.55 Å². The van der Waals surface area contributed by atoms with Gasteiger partial charge in [-0.05, 0) is 13.8 Å². The molecule has 0 aliphatic heterocycles. The van der Waals surface area contributed by atoms with Crippen molar-refractivity contribution in [2.75, 3.05) is 0 Å². The predicted octanol–water partition coefficient (Wildman–Crippen LogP) is 0.497. The molecule has 4 nitrogen and oxygen atoms in total. The molecular weight excluding hydrogens is 174 g/mol. The molecular formula is C7H11N3OS. The van der Waals surface area contributed by atoms with Gasteiger partial charge >= 0.3 is 0 Å². The van der Waals surface area contributed by atoms with Crippen molar-refractivity contribution in [2.24, 2.45) is 0 Å². The molecule has 0 aromatic carbocycles. The Morgan fingerprint density at radius 1 is 1.50 bits per heavy atom. The highest BCUT2D eigenvalue weighted by molar-refractivity contribution is 7.89. The van der Waals surface area contributed by atoms with Gasteiger partial charge in [0.15, 0.2) is 0 Å². The van der Waals surface area contributed by atoms with Crippen LogP contribution in [0.3, 0.4) is 0 Å². The summed E-state index contributed by atoms with van der Waals surface area (Å²) in [6, 6.07) is 0.174. The van der Waals surface area contributed by atoms with Crippen LogP contribution < -0.4 is 4.72 Å². The van der Waals surface area contributed by atoms with E-state index in [4.69, 9.17) is 0 Å². The fraction of sp³-hybridized carbons (Fsp3) is 0.429. The lowest BCUT2D eigenvalue weighted by Crippen LogP contribution is -2.30. The first kappa shape index (κ1) is 9.44. The van der Waals surface area contributed by atoms with E-state index in [1.165, 1.54) is 12.4 Å². The number of hydrogen-bond acceptors (Lipinski definition) is 4. The van der Waals surface area contributed by atoms with Gasteiger partial charge in [-0.2, -0.15) is 0 Å². The van der Waals surface area contributed by atoms with Gasteiger partial charge in [0.2, 0.25) is 0 Å². The number of nitrogens with zero attached hydrogens (tertiary/aromatic N) is 2. The second kappa shape index (κ2) is 4.39. The molecule has 1 heterocycles. The van der Waals surface area contributed by atoms with E-state index in [1.54, 1.807) is 6.20 Å². The third-order valence-corrected chi connectivity index (χ3v) is 2.35. The van der Waals surface area contributed by atoms with Crippen LogP contribution in [0.2, 0.25) is 0 Å². The van der Waals surface area contributed by atoms with Gasteiger partial charge in [0.1, 0.15) is 6.20 Å². The van der Waals surface area contributed by atoms with Gasteiger partial charge in [-0.1, -0.05) is 0 Å². The quantitative estimate of drug-likeness (QED) is 0.696. The molecule has 0 amide bonds. The second-order valence-electron chi connectivity index (χ2n) is 2.58. The molecule has 0 spiro atoms. The average molecular weight is 185 g/mol. The van der Waals surface area contributed by atoms with Crippen LogP contribution in [0.15, 0.2) is 23.6 Å². The molecule has 1 N–H and O–H groups in total. The molecule has 66 valence electrons. The second-order valence-corrected chi connectivity index (χ2v) is 3.78. The molecule has 0 aliphatic rings. The summed E-state index contributed by atoms with van der Waals surface area (Å²) < 4.78 is 14.2. The predicted molar refractivity (Wildman–Crippen MR) is 46.7 cm³/mol. The standard InChI is InChI=1S/C7H11N3OS/c1-6(2)10-12(11)7-5-8-3-4-9-7/h3-6,10H,1-2H3. The Morgan fingerprint density at radius 2 is 2.25 bits per heavy atom. The van der Waals surface area contributed by atoms with Gasteiger partial charge in [-0.3, -0.25) is 4.98 Å². The maximum absolute atomic E-state index is 11.4. The Bertz CT molecular complexity index is 229. The molecule has 5 heteroatoms. The molecule has 0 aliphatic carbocycles. The largest absolute Gasteiger partial charge is 0.592 e. The van der Waals surface area contributed by atoms with Crippen molar-refractivity contribution in [1.29, 1.82) is 0 Å². The van der Waals surface area contributed by atoms with Crippen molar-refractivity contribution in [1.82, 2.24) is 14.7 Å². The van der Waals surface area contributed by atoms with E-state index < -0.39 is 11.4 Å². The zero-order valence-electron chi connectivity index (χ0n) is 7.02. The Balaban J connectivity index is 2.59. The summed E-state index contributed by atoms with van der Waals surface area (Å²) in [6.45, 7) is 3.85. The fourth-order valence-electron chi connectivity index (χ4n) is 0.656. The zero-order valence-corrected chi connectivity index (χ0v) is 7.84. The van der Waals surface area contributed by atoms with Crippen molar-refractivity contribution in [3.05, 3.63) is 18.6 Å². The normalized spacial score (nSPS) is 13.3. The molecule has 1 aromatic rings. The van der Waals surface area contributed by atoms with Crippen LogP contribution in [0.25, 0.3) is 0 Å². The fourth-order valence-corrected chi connectivity index (χ4v) is 1.52. The Labute approximate surface area is 74.7 Å². The first-order chi connectivity index (χ1) is 5.70. The number of aromatic nitrogens is 2. The van der Waals surface area contributed by atoms with Gasteiger partial charge in [-0.15, -0.1) is 4.72 Å². The minimum atomic E-state index is -1.24. The Morgan fingerprint density at radius 3 is 2.75 bits per heavy atom. The monoisotopic (exact) mass is 185 g/mol. The van der Waals surface area contributed by atoms with E-state index in [0.29, 0.717) is 5.03 Å². The van der Waals surface area contributed by atoms with E-state index in [1.807, 2.05) is 13.8 Å². The van der Waals surface area contributed by atoms with Gasteiger partial charge in [-0.25, -0.2) is 4.98 Å². The summed E-state index contributed by atoms with van der Waals surface area (Å²) in [7, 11) is 0. The average Bonchev–Trinajstić information content (AvgIpc) is 2.05. The first-order valence-corrected chi connectivity index (χ1v) is 4.79. The lowest BCUT2D eigenvalue weighted by molar-refractivity contribution is 0.564. The molecule has 0 saturated carbocycles. The van der Waals surface area contributed by atoms with E-state index in [9.17, 15) is 4.55 Å². The Hall–Kier alpha value is -0.650. The lowest BCUT2D eigenvalue weighted by Gasteiger charge is -2.10. The third-order valence-electron chi connectivity index (χ3n) is 1.07. The summed E-state index contributed by atoms with van der Waals surface area (Å²) in [6.07, 6.45) is 4.57. The van der Waals surface area contributed by atoms with Gasteiger partial charge in [0.25, 0.3) is 5.03 Å². The summed E-state index contributed by atoms with van der Waals surface area (Å²) >= 11 is -1.24.